The molecule has 26 heavy (non-hydrogen) atoms. The summed E-state index contributed by atoms with van der Waals surface area (Å²) in [7, 11) is 6.59. The van der Waals surface area contributed by atoms with Gasteiger partial charge in [0.1, 0.15) is 0 Å². The van der Waals surface area contributed by atoms with Crippen molar-refractivity contribution >= 4 is 17.3 Å². The molecular formula is C19H27N3O3S. The fourth-order valence-corrected chi connectivity index (χ4v) is 3.41. The normalized spacial score (nSPS) is 12.4. The van der Waals surface area contributed by atoms with Crippen LogP contribution in [0.3, 0.4) is 0 Å². The Morgan fingerprint density at radius 2 is 1.85 bits per heavy atom. The lowest BCUT2D eigenvalue weighted by atomic mass is 10.1. The lowest BCUT2D eigenvalue weighted by Gasteiger charge is -2.18. The Kier molecular flexibility index (Phi) is 7.59. The van der Waals surface area contributed by atoms with Gasteiger partial charge in [0.25, 0.3) is 0 Å². The smallest absolute Gasteiger partial charge is 0.203 e. The Morgan fingerprint density at radius 3 is 2.42 bits per heavy atom. The van der Waals surface area contributed by atoms with Crippen LogP contribution in [0.15, 0.2) is 34.0 Å². The first-order valence-electron chi connectivity index (χ1n) is 8.39. The zero-order valence-electron chi connectivity index (χ0n) is 16.0. The third-order valence-corrected chi connectivity index (χ3v) is 4.84. The van der Waals surface area contributed by atoms with E-state index in [1.54, 1.807) is 39.7 Å². The third kappa shape index (κ3) is 4.82. The van der Waals surface area contributed by atoms with E-state index >= 15 is 0 Å². The highest BCUT2D eigenvalue weighted by atomic mass is 32.1. The van der Waals surface area contributed by atoms with Gasteiger partial charge in [-0.2, -0.15) is 11.3 Å². The molecule has 0 bridgehead atoms. The average Bonchev–Trinajstić information content (AvgIpc) is 3.21. The maximum absolute atomic E-state index is 5.52. The van der Waals surface area contributed by atoms with Gasteiger partial charge in [0.05, 0.1) is 21.3 Å². The molecule has 0 radical (unpaired) electrons. The molecule has 1 unspecified atom stereocenters. The molecule has 7 heteroatoms. The molecule has 2 aromatic rings. The van der Waals surface area contributed by atoms with Crippen molar-refractivity contribution in [2.24, 2.45) is 4.99 Å². The van der Waals surface area contributed by atoms with Gasteiger partial charge in [-0.15, -0.1) is 0 Å². The maximum Gasteiger partial charge on any atom is 0.203 e. The van der Waals surface area contributed by atoms with Crippen molar-refractivity contribution in [3.8, 4) is 17.2 Å². The van der Waals surface area contributed by atoms with E-state index in [0.717, 1.165) is 18.1 Å². The van der Waals surface area contributed by atoms with Crippen LogP contribution in [-0.4, -0.2) is 40.9 Å². The molecule has 1 aromatic carbocycles. The first-order valence-corrected chi connectivity index (χ1v) is 9.33. The van der Waals surface area contributed by atoms with Crippen LogP contribution in [-0.2, 0) is 6.54 Å². The molecule has 2 N–H and O–H groups in total. The molecule has 1 atom stereocenters. The van der Waals surface area contributed by atoms with Crippen LogP contribution >= 0.6 is 11.3 Å². The fraction of sp³-hybridized carbons (Fsp3) is 0.421. The van der Waals surface area contributed by atoms with Gasteiger partial charge >= 0.3 is 0 Å². The van der Waals surface area contributed by atoms with E-state index in [1.165, 1.54) is 5.56 Å². The van der Waals surface area contributed by atoms with Gasteiger partial charge in [-0.1, -0.05) is 6.92 Å². The second kappa shape index (κ2) is 9.91. The minimum Gasteiger partial charge on any atom is -0.493 e. The number of thiophene rings is 1. The van der Waals surface area contributed by atoms with E-state index < -0.39 is 0 Å². The van der Waals surface area contributed by atoms with Crippen molar-refractivity contribution in [1.82, 2.24) is 10.6 Å². The van der Waals surface area contributed by atoms with E-state index in [2.05, 4.69) is 39.4 Å². The number of hydrogen-bond donors (Lipinski definition) is 2. The Balaban J connectivity index is 2.00. The maximum atomic E-state index is 5.52. The number of rotatable bonds is 8. The van der Waals surface area contributed by atoms with Crippen LogP contribution in [0.5, 0.6) is 17.2 Å². The minimum atomic E-state index is 0.412. The molecule has 1 heterocycles. The monoisotopic (exact) mass is 377 g/mol. The molecule has 1 aromatic heterocycles. The summed E-state index contributed by atoms with van der Waals surface area (Å²) in [6, 6.07) is 5.98. The molecule has 0 saturated heterocycles. The van der Waals surface area contributed by atoms with E-state index in [1.807, 2.05) is 12.1 Å². The van der Waals surface area contributed by atoms with Crippen LogP contribution in [0.25, 0.3) is 0 Å². The number of hydrogen-bond acceptors (Lipinski definition) is 5. The van der Waals surface area contributed by atoms with Crippen molar-refractivity contribution in [2.75, 3.05) is 34.9 Å². The third-order valence-electron chi connectivity index (χ3n) is 4.14. The first kappa shape index (κ1) is 19.9. The zero-order chi connectivity index (χ0) is 18.9. The second-order valence-electron chi connectivity index (χ2n) is 5.76. The van der Waals surface area contributed by atoms with Gasteiger partial charge < -0.3 is 24.8 Å². The van der Waals surface area contributed by atoms with E-state index in [0.29, 0.717) is 29.7 Å². The molecule has 142 valence electrons. The van der Waals surface area contributed by atoms with Crippen LogP contribution in [0.1, 0.15) is 24.0 Å². The highest BCUT2D eigenvalue weighted by Crippen LogP contribution is 2.39. The highest BCUT2D eigenvalue weighted by Gasteiger charge is 2.16. The molecule has 0 fully saturated rings. The van der Waals surface area contributed by atoms with Crippen molar-refractivity contribution in [3.63, 3.8) is 0 Å². The highest BCUT2D eigenvalue weighted by molar-refractivity contribution is 7.07. The largest absolute Gasteiger partial charge is 0.493 e. The Morgan fingerprint density at radius 1 is 1.08 bits per heavy atom. The second-order valence-corrected chi connectivity index (χ2v) is 6.54. The summed E-state index contributed by atoms with van der Waals surface area (Å²) in [6.45, 7) is 3.55. The average molecular weight is 378 g/mol. The van der Waals surface area contributed by atoms with E-state index in [4.69, 9.17) is 14.2 Å². The number of guanidine groups is 1. The molecule has 0 amide bonds. The molecule has 2 rings (SSSR count). The van der Waals surface area contributed by atoms with Crippen LogP contribution in [0.4, 0.5) is 0 Å². The number of nitrogens with zero attached hydrogens (tertiary/aromatic N) is 1. The molecular weight excluding hydrogens is 350 g/mol. The summed E-state index contributed by atoms with van der Waals surface area (Å²) in [4.78, 5) is 4.29. The molecule has 0 saturated carbocycles. The number of benzene rings is 1. The van der Waals surface area contributed by atoms with Gasteiger partial charge in [0.2, 0.25) is 5.75 Å². The predicted molar refractivity (Wildman–Crippen MR) is 107 cm³/mol. The molecule has 6 nitrogen and oxygen atoms in total. The van der Waals surface area contributed by atoms with Crippen LogP contribution in [0, 0.1) is 0 Å². The summed E-state index contributed by atoms with van der Waals surface area (Å²) in [6.07, 6.45) is 0. The minimum absolute atomic E-state index is 0.412. The number of ether oxygens (including phenoxy) is 3. The molecule has 0 spiro atoms. The zero-order valence-corrected chi connectivity index (χ0v) is 16.8. The van der Waals surface area contributed by atoms with Crippen molar-refractivity contribution in [1.29, 1.82) is 0 Å². The fourth-order valence-electron chi connectivity index (χ4n) is 2.62. The summed E-state index contributed by atoms with van der Waals surface area (Å²) >= 11 is 1.72. The van der Waals surface area contributed by atoms with Crippen molar-refractivity contribution in [2.45, 2.75) is 19.4 Å². The molecule has 0 aliphatic rings. The summed E-state index contributed by atoms with van der Waals surface area (Å²) in [5.41, 5.74) is 2.29. The topological polar surface area (TPSA) is 64.1 Å². The summed E-state index contributed by atoms with van der Waals surface area (Å²) in [5, 5.41) is 11.0. The SMILES string of the molecule is CN=C(NCc1ccc(OC)c(OC)c1OC)NCC(C)c1ccsc1. The quantitative estimate of drug-likeness (QED) is 0.546. The lowest BCUT2D eigenvalue weighted by Crippen LogP contribution is -2.38. The van der Waals surface area contributed by atoms with Crippen LogP contribution in [0.2, 0.25) is 0 Å². The van der Waals surface area contributed by atoms with Gasteiger partial charge in [-0.25, -0.2) is 0 Å². The van der Waals surface area contributed by atoms with Crippen molar-refractivity contribution < 1.29 is 14.2 Å². The first-order chi connectivity index (χ1) is 12.6. The van der Waals surface area contributed by atoms with Crippen LogP contribution < -0.4 is 24.8 Å². The predicted octanol–water partition coefficient (Wildman–Crippen LogP) is 3.24. The Bertz CT molecular complexity index is 717. The van der Waals surface area contributed by atoms with Gasteiger partial charge in [0, 0.05) is 25.7 Å². The Labute approximate surface area is 159 Å². The number of nitrogens with one attached hydrogen (secondary N) is 2. The standard InChI is InChI=1S/C19H27N3O3S/c1-13(15-8-9-26-12-15)10-21-19(20-2)22-11-14-6-7-16(23-3)18(25-5)17(14)24-4/h6-9,12-13H,10-11H2,1-5H3,(H2,20,21,22). The number of aliphatic imine (C=N–C) groups is 1. The van der Waals surface area contributed by atoms with Gasteiger partial charge in [-0.05, 0) is 40.4 Å². The summed E-state index contributed by atoms with van der Waals surface area (Å²) in [5.74, 6) is 3.03. The number of methoxy groups -OCH3 is 3. The molecule has 0 aliphatic carbocycles. The van der Waals surface area contributed by atoms with Crippen molar-refractivity contribution in [3.05, 3.63) is 40.1 Å². The Hall–Kier alpha value is -2.41. The van der Waals surface area contributed by atoms with E-state index in [-0.39, 0.29) is 0 Å². The lowest BCUT2D eigenvalue weighted by molar-refractivity contribution is 0.322. The van der Waals surface area contributed by atoms with Gasteiger partial charge in [-0.3, -0.25) is 4.99 Å². The molecule has 0 aliphatic heterocycles. The van der Waals surface area contributed by atoms with Gasteiger partial charge in [0.15, 0.2) is 17.5 Å². The van der Waals surface area contributed by atoms with E-state index in [9.17, 15) is 0 Å². The summed E-state index contributed by atoms with van der Waals surface area (Å²) < 4.78 is 16.3.